The van der Waals surface area contributed by atoms with Gasteiger partial charge in [-0.1, -0.05) is 0 Å². The Balaban J connectivity index is -0.0000000450. The van der Waals surface area contributed by atoms with Gasteiger partial charge in [-0.3, -0.25) is 0 Å². The molecule has 0 aliphatic carbocycles. The maximum atomic E-state index is 8.36. The van der Waals surface area contributed by atoms with Gasteiger partial charge < -0.3 is 5.21 Å². The molecule has 6 heavy (non-hydrogen) atoms. The van der Waals surface area contributed by atoms with Crippen LogP contribution in [0.2, 0.25) is 0 Å². The first-order chi connectivity index (χ1) is 1.73. The van der Waals surface area contributed by atoms with E-state index in [1.807, 2.05) is 0 Å². The smallest absolute Gasteiger partial charge is 0.291 e. The van der Waals surface area contributed by atoms with Gasteiger partial charge in [-0.15, -0.1) is 10.1 Å². The van der Waals surface area contributed by atoms with Crippen LogP contribution in [0.15, 0.2) is 0 Å². The fourth-order valence-electron chi connectivity index (χ4n) is 0. The van der Waals surface area contributed by atoms with E-state index in [0.29, 0.717) is 0 Å². The molecule has 6 heteroatoms. The Morgan fingerprint density at radius 3 is 1.50 bits per heavy atom. The second kappa shape index (κ2) is 9.50. The predicted octanol–water partition coefficient (Wildman–Crippen LogP) is -1.11. The van der Waals surface area contributed by atoms with Crippen molar-refractivity contribution in [1.29, 1.82) is 0 Å². The fourth-order valence-corrected chi connectivity index (χ4v) is 0. The molecule has 0 aliphatic rings. The molecule has 0 aromatic rings. The van der Waals surface area contributed by atoms with E-state index in [-0.39, 0.29) is 59.1 Å². The second-order valence-electron chi connectivity index (χ2n) is 0.238. The minimum atomic E-state index is -1.50. The normalized spacial score (nSPS) is 4.00. The molecule has 0 amide bonds. The van der Waals surface area contributed by atoms with Gasteiger partial charge in [0.15, 0.2) is 0 Å². The van der Waals surface area contributed by atoms with E-state index in [9.17, 15) is 0 Å². The van der Waals surface area contributed by atoms with Gasteiger partial charge in [-0.05, 0) is 0 Å². The van der Waals surface area contributed by atoms with E-state index < -0.39 is 5.09 Å². The maximum absolute atomic E-state index is 8.36. The van der Waals surface area contributed by atoms with Crippen LogP contribution in [0.5, 0.6) is 0 Å². The van der Waals surface area contributed by atoms with Crippen LogP contribution in [0.3, 0.4) is 0 Å². The number of hydrogen-bond acceptors (Lipinski definition) is 2. The largest absolute Gasteiger partial charge is 0.328 e. The summed E-state index contributed by atoms with van der Waals surface area (Å²) in [4.78, 5) is 8.36. The first-order valence-electron chi connectivity index (χ1n) is 0.565. The van der Waals surface area contributed by atoms with Crippen LogP contribution < -0.4 is 0 Å². The molecule has 0 atom stereocenters. The van der Waals surface area contributed by atoms with Gasteiger partial charge in [0.05, 0.1) is 0 Å². The standard InChI is InChI=1S/HNO3.2Na/c2-1(3)4;;/h(H,2,3,4);;. The number of hydrogen-bond donors (Lipinski definition) is 1. The van der Waals surface area contributed by atoms with Crippen LogP contribution in [0, 0.1) is 10.1 Å². The summed E-state index contributed by atoms with van der Waals surface area (Å²) in [7, 11) is 0. The van der Waals surface area contributed by atoms with Gasteiger partial charge in [-0.25, -0.2) is 0 Å². The predicted molar refractivity (Wildman–Crippen MR) is 20.3 cm³/mol. The molecular formula is HNNa2O3. The Morgan fingerprint density at radius 1 is 1.50 bits per heavy atom. The average Bonchev–Trinajstić information content (AvgIpc) is 0.811. The molecule has 1 N–H and O–H groups in total. The molecule has 0 aromatic carbocycles. The zero-order valence-corrected chi connectivity index (χ0v) is 7.71. The molecule has 0 aliphatic heterocycles. The van der Waals surface area contributed by atoms with Gasteiger partial charge in [0.2, 0.25) is 0 Å². The van der Waals surface area contributed by atoms with Crippen molar-refractivity contribution in [1.82, 2.24) is 0 Å². The van der Waals surface area contributed by atoms with E-state index in [1.165, 1.54) is 0 Å². The third kappa shape index (κ3) is 63.7. The summed E-state index contributed by atoms with van der Waals surface area (Å²) < 4.78 is 0. The van der Waals surface area contributed by atoms with Crippen molar-refractivity contribution < 1.29 is 10.3 Å². The summed E-state index contributed by atoms with van der Waals surface area (Å²) in [5, 5.41) is 13.6. The molecule has 0 rings (SSSR count). The topological polar surface area (TPSA) is 63.4 Å². The van der Waals surface area contributed by atoms with Crippen LogP contribution in [0.1, 0.15) is 0 Å². The van der Waals surface area contributed by atoms with Gasteiger partial charge in [0.1, 0.15) is 0 Å². The second-order valence-corrected chi connectivity index (χ2v) is 0.238. The van der Waals surface area contributed by atoms with E-state index in [4.69, 9.17) is 15.3 Å². The molecule has 0 bridgehead atoms. The molecule has 0 saturated carbocycles. The van der Waals surface area contributed by atoms with Crippen LogP contribution in [0.25, 0.3) is 0 Å². The van der Waals surface area contributed by atoms with E-state index in [2.05, 4.69) is 0 Å². The minimum absolute atomic E-state index is 0. The van der Waals surface area contributed by atoms with Gasteiger partial charge in [-0.2, -0.15) is 0 Å². The quantitative estimate of drug-likeness (QED) is 0.243. The Labute approximate surface area is 78.6 Å². The molecular weight excluding hydrogens is 108 g/mol. The van der Waals surface area contributed by atoms with Crippen LogP contribution in [-0.2, 0) is 0 Å². The number of rotatable bonds is 0. The zero-order valence-electron chi connectivity index (χ0n) is 3.71. The summed E-state index contributed by atoms with van der Waals surface area (Å²) >= 11 is 0. The summed E-state index contributed by atoms with van der Waals surface area (Å²) in [5.41, 5.74) is 0. The van der Waals surface area contributed by atoms with Gasteiger partial charge in [0.25, 0.3) is 5.09 Å². The molecule has 0 heterocycles. The SMILES string of the molecule is O=[N+]([O-])O.[Na].[Na]. The summed E-state index contributed by atoms with van der Waals surface area (Å²) in [5.74, 6) is 0. The average molecular weight is 109 g/mol. The number of nitrogens with zero attached hydrogens (tertiary/aromatic N) is 1. The molecule has 0 aromatic heterocycles. The van der Waals surface area contributed by atoms with E-state index in [0.717, 1.165) is 0 Å². The molecule has 0 fully saturated rings. The molecule has 0 unspecified atom stereocenters. The Kier molecular flexibility index (Phi) is 24.9. The summed E-state index contributed by atoms with van der Waals surface area (Å²) in [6.07, 6.45) is 0. The monoisotopic (exact) mass is 109 g/mol. The first-order valence-corrected chi connectivity index (χ1v) is 0.565. The Hall–Kier alpha value is 1.20. The molecule has 0 saturated heterocycles. The van der Waals surface area contributed by atoms with E-state index in [1.54, 1.807) is 0 Å². The van der Waals surface area contributed by atoms with Crippen molar-refractivity contribution in [3.63, 3.8) is 0 Å². The van der Waals surface area contributed by atoms with Crippen LogP contribution in [0.4, 0.5) is 0 Å². The minimum Gasteiger partial charge on any atom is -0.328 e. The Bertz CT molecular complexity index is 31.8. The molecule has 0 spiro atoms. The van der Waals surface area contributed by atoms with Crippen molar-refractivity contribution in [2.45, 2.75) is 0 Å². The van der Waals surface area contributed by atoms with Crippen molar-refractivity contribution in [2.75, 3.05) is 0 Å². The molecule has 2 radical (unpaired) electrons. The molecule has 4 nitrogen and oxygen atoms in total. The third-order valence-corrected chi connectivity index (χ3v) is 0. The first kappa shape index (κ1) is 15.7. The Morgan fingerprint density at radius 2 is 1.50 bits per heavy atom. The van der Waals surface area contributed by atoms with E-state index >= 15 is 0 Å². The van der Waals surface area contributed by atoms with Gasteiger partial charge in [0, 0.05) is 59.1 Å². The van der Waals surface area contributed by atoms with Crippen molar-refractivity contribution in [3.8, 4) is 0 Å². The van der Waals surface area contributed by atoms with Crippen molar-refractivity contribution >= 4 is 59.1 Å². The zero-order chi connectivity index (χ0) is 3.58. The summed E-state index contributed by atoms with van der Waals surface area (Å²) in [6.45, 7) is 0. The van der Waals surface area contributed by atoms with Gasteiger partial charge >= 0.3 is 0 Å². The van der Waals surface area contributed by atoms with Crippen LogP contribution in [-0.4, -0.2) is 69.4 Å². The summed E-state index contributed by atoms with van der Waals surface area (Å²) in [6, 6.07) is 0. The maximum Gasteiger partial charge on any atom is 0.291 e. The molecule has 26 valence electrons. The van der Waals surface area contributed by atoms with Crippen LogP contribution >= 0.6 is 0 Å². The third-order valence-electron chi connectivity index (χ3n) is 0. The fraction of sp³-hybridized carbons (Fsp3) is 0. The van der Waals surface area contributed by atoms with Crippen molar-refractivity contribution in [2.24, 2.45) is 0 Å². The van der Waals surface area contributed by atoms with Crippen molar-refractivity contribution in [3.05, 3.63) is 10.1 Å².